The largest absolute Gasteiger partial charge is 0.481 e. The smallest absolute Gasteiger partial charge is 0.308 e. The highest BCUT2D eigenvalue weighted by Crippen LogP contribution is 2.44. The molecule has 3 fully saturated rings. The molecule has 1 N–H and O–H groups in total. The number of carboxylic acids is 1. The van der Waals surface area contributed by atoms with Gasteiger partial charge in [-0.1, -0.05) is 0 Å². The molecule has 2 saturated heterocycles. The van der Waals surface area contributed by atoms with Gasteiger partial charge in [-0.05, 0) is 50.9 Å². The summed E-state index contributed by atoms with van der Waals surface area (Å²) < 4.78 is 11.3. The van der Waals surface area contributed by atoms with Crippen LogP contribution in [0.2, 0.25) is 0 Å². The molecule has 130 valence electrons. The molecular weight excluding hydrogens is 298 g/mol. The van der Waals surface area contributed by atoms with Crippen LogP contribution in [-0.4, -0.2) is 60.4 Å². The van der Waals surface area contributed by atoms with E-state index in [0.717, 1.165) is 38.7 Å². The number of rotatable bonds is 6. The van der Waals surface area contributed by atoms with Gasteiger partial charge in [0.25, 0.3) is 5.91 Å². The molecule has 0 aromatic rings. The van der Waals surface area contributed by atoms with Gasteiger partial charge in [-0.25, -0.2) is 0 Å². The van der Waals surface area contributed by atoms with Crippen molar-refractivity contribution in [3.8, 4) is 0 Å². The number of hydrogen-bond acceptors (Lipinski definition) is 4. The van der Waals surface area contributed by atoms with Gasteiger partial charge in [0.05, 0.1) is 18.6 Å². The maximum Gasteiger partial charge on any atom is 0.308 e. The van der Waals surface area contributed by atoms with Gasteiger partial charge in [-0.15, -0.1) is 0 Å². The number of ether oxygens (including phenoxy) is 2. The van der Waals surface area contributed by atoms with Crippen molar-refractivity contribution in [2.45, 2.75) is 51.2 Å². The third kappa shape index (κ3) is 4.04. The van der Waals surface area contributed by atoms with Gasteiger partial charge < -0.3 is 19.5 Å². The molecule has 2 unspecified atom stereocenters. The summed E-state index contributed by atoms with van der Waals surface area (Å²) in [6, 6.07) is 0. The van der Waals surface area contributed by atoms with Crippen LogP contribution < -0.4 is 0 Å². The number of amides is 1. The van der Waals surface area contributed by atoms with E-state index in [0.29, 0.717) is 25.6 Å². The van der Waals surface area contributed by atoms with Gasteiger partial charge in [0, 0.05) is 19.7 Å². The zero-order valence-electron chi connectivity index (χ0n) is 13.8. The van der Waals surface area contributed by atoms with Crippen LogP contribution in [0.4, 0.5) is 0 Å². The molecule has 2 heterocycles. The molecule has 6 heteroatoms. The average molecular weight is 325 g/mol. The Morgan fingerprint density at radius 3 is 2.65 bits per heavy atom. The molecular formula is C17H27NO5. The van der Waals surface area contributed by atoms with E-state index in [-0.39, 0.29) is 17.9 Å². The highest BCUT2D eigenvalue weighted by molar-refractivity contribution is 5.82. The summed E-state index contributed by atoms with van der Waals surface area (Å²) >= 11 is 0. The SMILES string of the molecule is CC(OCC1CCCCO1)C(=O)N1C[C@H](C(=O)O)[C@@H](C2CC2)C1. The molecule has 1 amide bonds. The number of aliphatic carboxylic acids is 1. The Hall–Kier alpha value is -1.14. The summed E-state index contributed by atoms with van der Waals surface area (Å²) in [5, 5.41) is 9.39. The standard InChI is InChI=1S/C17H27NO5/c1-11(23-10-13-4-2-3-7-22-13)16(19)18-8-14(12-5-6-12)15(9-18)17(20)21/h11-15H,2-10H2,1H3,(H,20,21)/t11?,13?,14-,15+/m1/s1. The Labute approximate surface area is 137 Å². The van der Waals surface area contributed by atoms with E-state index >= 15 is 0 Å². The van der Waals surface area contributed by atoms with Crippen LogP contribution in [0.15, 0.2) is 0 Å². The first-order valence-corrected chi connectivity index (χ1v) is 8.81. The van der Waals surface area contributed by atoms with Crippen molar-refractivity contribution in [2.75, 3.05) is 26.3 Å². The van der Waals surface area contributed by atoms with Crippen LogP contribution in [0.1, 0.15) is 39.0 Å². The molecule has 3 rings (SSSR count). The van der Waals surface area contributed by atoms with E-state index in [1.165, 1.54) is 0 Å². The minimum Gasteiger partial charge on any atom is -0.481 e. The fourth-order valence-electron chi connectivity index (χ4n) is 3.79. The van der Waals surface area contributed by atoms with Crippen LogP contribution in [0.5, 0.6) is 0 Å². The molecule has 0 aromatic carbocycles. The molecule has 0 radical (unpaired) electrons. The maximum atomic E-state index is 12.5. The predicted octanol–water partition coefficient (Wildman–Crippen LogP) is 1.53. The number of likely N-dealkylation sites (tertiary alicyclic amines) is 1. The normalized spacial score (nSPS) is 32.7. The van der Waals surface area contributed by atoms with E-state index in [2.05, 4.69) is 0 Å². The van der Waals surface area contributed by atoms with E-state index in [9.17, 15) is 14.7 Å². The van der Waals surface area contributed by atoms with Gasteiger partial charge in [-0.3, -0.25) is 9.59 Å². The molecule has 23 heavy (non-hydrogen) atoms. The second-order valence-electron chi connectivity index (χ2n) is 7.15. The predicted molar refractivity (Wildman–Crippen MR) is 82.9 cm³/mol. The minimum atomic E-state index is -0.777. The first-order chi connectivity index (χ1) is 11.1. The van der Waals surface area contributed by atoms with Gasteiger partial charge in [0.2, 0.25) is 0 Å². The van der Waals surface area contributed by atoms with E-state index in [1.807, 2.05) is 0 Å². The maximum absolute atomic E-state index is 12.5. The van der Waals surface area contributed by atoms with Crippen LogP contribution in [-0.2, 0) is 19.1 Å². The fourth-order valence-corrected chi connectivity index (χ4v) is 3.79. The Bertz CT molecular complexity index is 444. The quantitative estimate of drug-likeness (QED) is 0.801. The number of carbonyl (C=O) groups excluding carboxylic acids is 1. The lowest BCUT2D eigenvalue weighted by atomic mass is 9.92. The molecule has 4 atom stereocenters. The third-order valence-electron chi connectivity index (χ3n) is 5.38. The zero-order chi connectivity index (χ0) is 16.4. The summed E-state index contributed by atoms with van der Waals surface area (Å²) in [6.07, 6.45) is 4.97. The number of nitrogens with zero attached hydrogens (tertiary/aromatic N) is 1. The minimum absolute atomic E-state index is 0.0866. The van der Waals surface area contributed by atoms with Gasteiger partial charge in [0.15, 0.2) is 0 Å². The summed E-state index contributed by atoms with van der Waals surface area (Å²) in [6.45, 7) is 3.85. The van der Waals surface area contributed by atoms with Crippen molar-refractivity contribution in [1.82, 2.24) is 4.90 Å². The van der Waals surface area contributed by atoms with E-state index in [1.54, 1.807) is 11.8 Å². The van der Waals surface area contributed by atoms with Crippen LogP contribution in [0.3, 0.4) is 0 Å². The second kappa shape index (κ2) is 7.18. The van der Waals surface area contributed by atoms with Crippen LogP contribution in [0.25, 0.3) is 0 Å². The van der Waals surface area contributed by atoms with Crippen molar-refractivity contribution in [3.05, 3.63) is 0 Å². The molecule has 1 aliphatic carbocycles. The second-order valence-corrected chi connectivity index (χ2v) is 7.15. The number of carbonyl (C=O) groups is 2. The molecule has 3 aliphatic rings. The Balaban J connectivity index is 1.49. The third-order valence-corrected chi connectivity index (χ3v) is 5.38. The van der Waals surface area contributed by atoms with Crippen LogP contribution in [0, 0.1) is 17.8 Å². The van der Waals surface area contributed by atoms with Crippen molar-refractivity contribution < 1.29 is 24.2 Å². The Morgan fingerprint density at radius 2 is 2.04 bits per heavy atom. The van der Waals surface area contributed by atoms with E-state index < -0.39 is 18.0 Å². The molecule has 6 nitrogen and oxygen atoms in total. The monoisotopic (exact) mass is 325 g/mol. The zero-order valence-corrected chi connectivity index (χ0v) is 13.8. The topological polar surface area (TPSA) is 76.1 Å². The van der Waals surface area contributed by atoms with Gasteiger partial charge in [0.1, 0.15) is 6.10 Å². The highest BCUT2D eigenvalue weighted by Gasteiger charge is 2.47. The molecule has 0 spiro atoms. The van der Waals surface area contributed by atoms with E-state index in [4.69, 9.17) is 9.47 Å². The molecule has 2 aliphatic heterocycles. The molecule has 0 aromatic heterocycles. The fraction of sp³-hybridized carbons (Fsp3) is 0.882. The Morgan fingerprint density at radius 1 is 1.26 bits per heavy atom. The number of carboxylic acid groups (broad SMARTS) is 1. The average Bonchev–Trinajstić information content (AvgIpc) is 3.31. The first-order valence-electron chi connectivity index (χ1n) is 8.81. The number of hydrogen-bond donors (Lipinski definition) is 1. The van der Waals surface area contributed by atoms with Crippen molar-refractivity contribution in [1.29, 1.82) is 0 Å². The lowest BCUT2D eigenvalue weighted by Crippen LogP contribution is -2.39. The van der Waals surface area contributed by atoms with Crippen molar-refractivity contribution in [2.24, 2.45) is 17.8 Å². The summed E-state index contributed by atoms with van der Waals surface area (Å²) in [5.74, 6) is -0.678. The summed E-state index contributed by atoms with van der Waals surface area (Å²) in [5.41, 5.74) is 0. The molecule has 1 saturated carbocycles. The van der Waals surface area contributed by atoms with Gasteiger partial charge >= 0.3 is 5.97 Å². The van der Waals surface area contributed by atoms with Crippen LogP contribution >= 0.6 is 0 Å². The first kappa shape index (κ1) is 16.7. The summed E-state index contributed by atoms with van der Waals surface area (Å²) in [7, 11) is 0. The lowest BCUT2D eigenvalue weighted by molar-refractivity contribution is -0.146. The lowest BCUT2D eigenvalue weighted by Gasteiger charge is -2.25. The highest BCUT2D eigenvalue weighted by atomic mass is 16.5. The Kier molecular flexibility index (Phi) is 5.21. The van der Waals surface area contributed by atoms with Crippen molar-refractivity contribution in [3.63, 3.8) is 0 Å². The van der Waals surface area contributed by atoms with Crippen molar-refractivity contribution >= 4 is 11.9 Å². The summed E-state index contributed by atoms with van der Waals surface area (Å²) in [4.78, 5) is 25.7. The van der Waals surface area contributed by atoms with Gasteiger partial charge in [-0.2, -0.15) is 0 Å². The molecule has 0 bridgehead atoms.